The molecular weight excluding hydrogens is 398 g/mol. The van der Waals surface area contributed by atoms with Crippen LogP contribution in [0.25, 0.3) is 11.8 Å². The summed E-state index contributed by atoms with van der Waals surface area (Å²) in [4.78, 5) is 4.76. The number of aromatic nitrogens is 5. The largest absolute Gasteiger partial charge is 0.385 e. The second-order valence-corrected chi connectivity index (χ2v) is 9.06. The molecule has 0 aliphatic carbocycles. The van der Waals surface area contributed by atoms with Gasteiger partial charge < -0.3 is 10.6 Å². The molecule has 32 heavy (non-hydrogen) atoms. The maximum absolute atomic E-state index is 4.76. The van der Waals surface area contributed by atoms with Crippen LogP contribution in [-0.2, 0) is 12.5 Å². The van der Waals surface area contributed by atoms with Crippen LogP contribution >= 0.6 is 0 Å². The average molecular weight is 432 g/mol. The maximum atomic E-state index is 4.76. The molecule has 1 aliphatic heterocycles. The zero-order valence-electron chi connectivity index (χ0n) is 19.5. The monoisotopic (exact) mass is 431 g/mol. The third-order valence-electron chi connectivity index (χ3n) is 6.00. The van der Waals surface area contributed by atoms with Crippen molar-refractivity contribution in [2.75, 3.05) is 17.2 Å². The first-order chi connectivity index (χ1) is 15.4. The van der Waals surface area contributed by atoms with Gasteiger partial charge in [-0.25, -0.2) is 4.68 Å². The first-order valence-corrected chi connectivity index (χ1v) is 11.3. The number of hydrogen-bond acceptors (Lipinski definition) is 5. The zero-order chi connectivity index (χ0) is 22.7. The third kappa shape index (κ3) is 4.61. The van der Waals surface area contributed by atoms with E-state index in [4.69, 9.17) is 10.1 Å². The first-order valence-electron chi connectivity index (χ1n) is 11.3. The van der Waals surface area contributed by atoms with Gasteiger partial charge in [0.15, 0.2) is 5.82 Å². The number of nitrogens with one attached hydrogen (secondary N) is 2. The molecule has 0 bridgehead atoms. The fourth-order valence-corrected chi connectivity index (χ4v) is 4.02. The lowest BCUT2D eigenvalue weighted by Crippen LogP contribution is -2.28. The zero-order valence-corrected chi connectivity index (χ0v) is 19.5. The fraction of sp³-hybridized carbons (Fsp3) is 0.400. The second-order valence-electron chi connectivity index (χ2n) is 9.06. The Bertz CT molecular complexity index is 1130. The number of unbranched alkanes of at least 4 members (excludes halogenated alkanes) is 2. The lowest BCUT2D eigenvalue weighted by atomic mass is 9.78. The summed E-state index contributed by atoms with van der Waals surface area (Å²) in [7, 11) is 1.89. The molecule has 0 saturated heterocycles. The van der Waals surface area contributed by atoms with Gasteiger partial charge in [0.1, 0.15) is 0 Å². The molecule has 0 spiro atoms. The highest BCUT2D eigenvalue weighted by molar-refractivity contribution is 5.75. The fourth-order valence-electron chi connectivity index (χ4n) is 4.02. The van der Waals surface area contributed by atoms with E-state index in [2.05, 4.69) is 67.4 Å². The van der Waals surface area contributed by atoms with Crippen molar-refractivity contribution in [1.29, 1.82) is 0 Å². The van der Waals surface area contributed by atoms with Crippen LogP contribution < -0.4 is 10.6 Å². The molecule has 0 unspecified atom stereocenters. The maximum Gasteiger partial charge on any atom is 0.247 e. The quantitative estimate of drug-likeness (QED) is 0.456. The molecule has 2 aromatic heterocycles. The normalized spacial score (nSPS) is 14.9. The van der Waals surface area contributed by atoms with Gasteiger partial charge in [-0.05, 0) is 36.0 Å². The van der Waals surface area contributed by atoms with Crippen LogP contribution in [0.5, 0.6) is 0 Å². The van der Waals surface area contributed by atoms with Crippen LogP contribution in [0.15, 0.2) is 43.2 Å². The molecule has 0 atom stereocenters. The topological polar surface area (TPSA) is 72.6 Å². The van der Waals surface area contributed by atoms with Crippen LogP contribution in [0.2, 0.25) is 0 Å². The van der Waals surface area contributed by atoms with Crippen molar-refractivity contribution in [1.82, 2.24) is 24.5 Å². The Labute approximate surface area is 190 Å². The minimum Gasteiger partial charge on any atom is -0.385 e. The predicted molar refractivity (Wildman–Crippen MR) is 132 cm³/mol. The molecule has 4 rings (SSSR count). The predicted octanol–water partition coefficient (Wildman–Crippen LogP) is 5.57. The van der Waals surface area contributed by atoms with Crippen LogP contribution in [0.4, 0.5) is 17.3 Å². The van der Waals surface area contributed by atoms with E-state index >= 15 is 0 Å². The Morgan fingerprint density at radius 1 is 1.34 bits per heavy atom. The van der Waals surface area contributed by atoms with E-state index in [1.165, 1.54) is 11.3 Å². The minimum absolute atomic E-state index is 0.177. The van der Waals surface area contributed by atoms with Crippen LogP contribution in [-0.4, -0.2) is 31.1 Å². The van der Waals surface area contributed by atoms with Gasteiger partial charge in [0.2, 0.25) is 5.95 Å². The lowest BCUT2D eigenvalue weighted by Gasteiger charge is -2.33. The standard InChI is InChI=1S/C25H33N7/c1-6-7-8-9-14-32-23(18(2)19-16-27-31(5)17-19)29-24(30-32)28-20-10-11-21-22(15-20)26-13-12-25(21,3)4/h9-11,14-17,26H,2,6-8,12-13H2,1,3-5H3,(H,28,30)/b14-9-. The molecule has 0 radical (unpaired) electrons. The van der Waals surface area contributed by atoms with Crippen molar-refractivity contribution < 1.29 is 0 Å². The first kappa shape index (κ1) is 21.9. The van der Waals surface area contributed by atoms with Gasteiger partial charge in [0.25, 0.3) is 0 Å². The summed E-state index contributed by atoms with van der Waals surface area (Å²) < 4.78 is 3.56. The average Bonchev–Trinajstić information content (AvgIpc) is 3.36. The van der Waals surface area contributed by atoms with Crippen LogP contribution in [0.1, 0.15) is 63.4 Å². The summed E-state index contributed by atoms with van der Waals surface area (Å²) in [5.74, 6) is 1.24. The van der Waals surface area contributed by atoms with Crippen molar-refractivity contribution in [3.05, 3.63) is 60.2 Å². The molecule has 2 N–H and O–H groups in total. The SMILES string of the molecule is C=C(c1cnn(C)c1)c1nc(Nc2ccc3c(c2)NCCC3(C)C)nn1/C=C\CCCC. The molecule has 1 aliphatic rings. The molecule has 3 aromatic rings. The van der Waals surface area contributed by atoms with Gasteiger partial charge >= 0.3 is 0 Å². The Kier molecular flexibility index (Phi) is 6.17. The lowest BCUT2D eigenvalue weighted by molar-refractivity contribution is 0.482. The molecule has 7 nitrogen and oxygen atoms in total. The molecule has 7 heteroatoms. The molecule has 0 amide bonds. The molecule has 1 aromatic carbocycles. The van der Waals surface area contributed by atoms with E-state index in [0.29, 0.717) is 11.8 Å². The van der Waals surface area contributed by atoms with Crippen molar-refractivity contribution in [3.63, 3.8) is 0 Å². The smallest absolute Gasteiger partial charge is 0.247 e. The van der Waals surface area contributed by atoms with E-state index < -0.39 is 0 Å². The van der Waals surface area contributed by atoms with Gasteiger partial charge in [0, 0.05) is 48.5 Å². The minimum atomic E-state index is 0.177. The molecule has 168 valence electrons. The van der Waals surface area contributed by atoms with Crippen LogP contribution in [0, 0.1) is 0 Å². The Morgan fingerprint density at radius 3 is 2.94 bits per heavy atom. The Balaban J connectivity index is 1.62. The van der Waals surface area contributed by atoms with Gasteiger partial charge in [-0.15, -0.1) is 5.10 Å². The second kappa shape index (κ2) is 9.02. The highest BCUT2D eigenvalue weighted by Crippen LogP contribution is 2.38. The summed E-state index contributed by atoms with van der Waals surface area (Å²) >= 11 is 0. The highest BCUT2D eigenvalue weighted by Gasteiger charge is 2.27. The van der Waals surface area contributed by atoms with Gasteiger partial charge in [-0.2, -0.15) is 10.1 Å². The van der Waals surface area contributed by atoms with E-state index in [1.807, 2.05) is 19.4 Å². The van der Waals surface area contributed by atoms with Crippen molar-refractivity contribution in [3.8, 4) is 0 Å². The number of aryl methyl sites for hydroxylation is 1. The summed E-state index contributed by atoms with van der Waals surface area (Å²) in [6, 6.07) is 6.44. The van der Waals surface area contributed by atoms with Crippen molar-refractivity contribution >= 4 is 29.1 Å². The van der Waals surface area contributed by atoms with Gasteiger partial charge in [0.05, 0.1) is 6.20 Å². The van der Waals surface area contributed by atoms with Crippen LogP contribution in [0.3, 0.4) is 0 Å². The molecule has 0 saturated carbocycles. The summed E-state index contributed by atoms with van der Waals surface area (Å²) in [6.45, 7) is 12.0. The van der Waals surface area contributed by atoms with E-state index in [-0.39, 0.29) is 5.41 Å². The van der Waals surface area contributed by atoms with E-state index in [9.17, 15) is 0 Å². The number of allylic oxidation sites excluding steroid dienone is 1. The Hall–Kier alpha value is -3.35. The van der Waals surface area contributed by atoms with Gasteiger partial charge in [-0.1, -0.05) is 52.3 Å². The number of fused-ring (bicyclic) bond motifs is 1. The number of nitrogens with zero attached hydrogens (tertiary/aromatic N) is 5. The van der Waals surface area contributed by atoms with E-state index in [0.717, 1.165) is 49.1 Å². The molecular formula is C25H33N7. The number of rotatable bonds is 8. The number of benzene rings is 1. The summed E-state index contributed by atoms with van der Waals surface area (Å²) in [6.07, 6.45) is 12.3. The Morgan fingerprint density at radius 2 is 2.19 bits per heavy atom. The highest BCUT2D eigenvalue weighted by atomic mass is 15.4. The number of anilines is 3. The summed E-state index contributed by atoms with van der Waals surface area (Å²) in [5, 5.41) is 15.9. The third-order valence-corrected chi connectivity index (χ3v) is 6.00. The van der Waals surface area contributed by atoms with Crippen molar-refractivity contribution in [2.45, 2.75) is 51.9 Å². The molecule has 0 fully saturated rings. The number of hydrogen-bond donors (Lipinski definition) is 2. The summed E-state index contributed by atoms with van der Waals surface area (Å²) in [5.41, 5.74) is 5.36. The van der Waals surface area contributed by atoms with Crippen molar-refractivity contribution in [2.24, 2.45) is 7.05 Å². The van der Waals surface area contributed by atoms with E-state index in [1.54, 1.807) is 15.6 Å². The van der Waals surface area contributed by atoms with Gasteiger partial charge in [-0.3, -0.25) is 4.68 Å². The molecule has 3 heterocycles.